The van der Waals surface area contributed by atoms with Crippen LogP contribution in [-0.4, -0.2) is 22.4 Å². The van der Waals surface area contributed by atoms with Crippen molar-refractivity contribution in [3.8, 4) is 5.88 Å². The molecule has 13 heavy (non-hydrogen) atoms. The smallest absolute Gasteiger partial charge is 0.233 e. The monoisotopic (exact) mass is 182 g/mol. The van der Waals surface area contributed by atoms with Crippen LogP contribution in [0.1, 0.15) is 31.6 Å². The second kappa shape index (κ2) is 4.77. The van der Waals surface area contributed by atoms with Gasteiger partial charge in [0.15, 0.2) is 0 Å². The Kier molecular flexibility index (Phi) is 3.64. The van der Waals surface area contributed by atoms with Gasteiger partial charge in [0.25, 0.3) is 0 Å². The maximum absolute atomic E-state index is 9.54. The zero-order valence-electron chi connectivity index (χ0n) is 7.90. The van der Waals surface area contributed by atoms with Crippen molar-refractivity contribution in [2.24, 2.45) is 0 Å². The van der Waals surface area contributed by atoms with Crippen molar-refractivity contribution in [1.29, 1.82) is 0 Å². The fourth-order valence-corrected chi connectivity index (χ4v) is 1.04. The first-order chi connectivity index (χ1) is 6.27. The highest BCUT2D eigenvalue weighted by Gasteiger charge is 2.07. The number of methoxy groups -OCH3 is 1. The van der Waals surface area contributed by atoms with Crippen LogP contribution in [-0.2, 0) is 0 Å². The number of hydrogen-bond acceptors (Lipinski definition) is 4. The summed E-state index contributed by atoms with van der Waals surface area (Å²) in [4.78, 5) is 0. The number of hydrogen-bond donors (Lipinski definition) is 1. The van der Waals surface area contributed by atoms with E-state index < -0.39 is 6.10 Å². The third-order valence-electron chi connectivity index (χ3n) is 1.77. The van der Waals surface area contributed by atoms with Crippen LogP contribution >= 0.6 is 0 Å². The Bertz CT molecular complexity index is 248. The normalized spacial score (nSPS) is 12.5. The van der Waals surface area contributed by atoms with Crippen molar-refractivity contribution in [3.05, 3.63) is 17.8 Å². The Morgan fingerprint density at radius 3 is 2.69 bits per heavy atom. The molecule has 0 aliphatic heterocycles. The first-order valence-electron chi connectivity index (χ1n) is 4.33. The molecule has 0 aromatic carbocycles. The van der Waals surface area contributed by atoms with Gasteiger partial charge in [-0.1, -0.05) is 13.3 Å². The lowest BCUT2D eigenvalue weighted by Crippen LogP contribution is -2.02. The molecule has 0 bridgehead atoms. The van der Waals surface area contributed by atoms with Gasteiger partial charge in [0.1, 0.15) is 0 Å². The number of aliphatic hydroxyl groups excluding tert-OH is 1. The Balaban J connectivity index is 2.67. The van der Waals surface area contributed by atoms with Gasteiger partial charge in [-0.25, -0.2) is 0 Å². The van der Waals surface area contributed by atoms with Crippen LogP contribution in [0.5, 0.6) is 5.88 Å². The van der Waals surface area contributed by atoms with Gasteiger partial charge in [-0.15, -0.1) is 10.2 Å². The van der Waals surface area contributed by atoms with E-state index in [1.165, 1.54) is 7.11 Å². The van der Waals surface area contributed by atoms with E-state index in [9.17, 15) is 5.11 Å². The van der Waals surface area contributed by atoms with Crippen LogP contribution < -0.4 is 4.74 Å². The predicted molar refractivity (Wildman–Crippen MR) is 48.5 cm³/mol. The molecular formula is C9H14N2O2. The van der Waals surface area contributed by atoms with Gasteiger partial charge in [0.05, 0.1) is 18.9 Å². The van der Waals surface area contributed by atoms with Crippen molar-refractivity contribution >= 4 is 0 Å². The molecule has 4 nitrogen and oxygen atoms in total. The number of nitrogens with zero attached hydrogens (tertiary/aromatic N) is 2. The summed E-state index contributed by atoms with van der Waals surface area (Å²) in [6.07, 6.45) is 1.12. The molecule has 0 aliphatic carbocycles. The van der Waals surface area contributed by atoms with Crippen LogP contribution in [0.2, 0.25) is 0 Å². The molecule has 72 valence electrons. The summed E-state index contributed by atoms with van der Waals surface area (Å²) < 4.78 is 4.85. The van der Waals surface area contributed by atoms with E-state index in [-0.39, 0.29) is 0 Å². The van der Waals surface area contributed by atoms with Crippen LogP contribution in [0.4, 0.5) is 0 Å². The van der Waals surface area contributed by atoms with Gasteiger partial charge in [0, 0.05) is 6.07 Å². The van der Waals surface area contributed by atoms with E-state index >= 15 is 0 Å². The topological polar surface area (TPSA) is 55.2 Å². The minimum atomic E-state index is -0.511. The Hall–Kier alpha value is -1.16. The molecule has 0 fully saturated rings. The summed E-state index contributed by atoms with van der Waals surface area (Å²) in [5.74, 6) is 0.465. The summed E-state index contributed by atoms with van der Waals surface area (Å²) in [6.45, 7) is 2.01. The molecule has 0 amide bonds. The van der Waals surface area contributed by atoms with Crippen LogP contribution in [0, 0.1) is 0 Å². The highest BCUT2D eigenvalue weighted by molar-refractivity contribution is 5.12. The zero-order valence-corrected chi connectivity index (χ0v) is 7.90. The van der Waals surface area contributed by atoms with Crippen LogP contribution in [0.25, 0.3) is 0 Å². The van der Waals surface area contributed by atoms with Gasteiger partial charge >= 0.3 is 0 Å². The fourth-order valence-electron chi connectivity index (χ4n) is 1.04. The molecule has 1 N–H and O–H groups in total. The molecule has 1 aromatic rings. The zero-order chi connectivity index (χ0) is 9.68. The highest BCUT2D eigenvalue weighted by atomic mass is 16.5. The summed E-state index contributed by atoms with van der Waals surface area (Å²) in [5, 5.41) is 17.2. The van der Waals surface area contributed by atoms with Gasteiger partial charge in [-0.3, -0.25) is 0 Å². The SMILES string of the molecule is CCC[C@H](O)c1ccc(OC)nn1. The molecule has 0 saturated carbocycles. The van der Waals surface area contributed by atoms with Crippen molar-refractivity contribution in [2.45, 2.75) is 25.9 Å². The Morgan fingerprint density at radius 1 is 1.46 bits per heavy atom. The molecule has 0 unspecified atom stereocenters. The molecule has 0 saturated heterocycles. The molecule has 1 aromatic heterocycles. The van der Waals surface area contributed by atoms with Crippen molar-refractivity contribution in [1.82, 2.24) is 10.2 Å². The van der Waals surface area contributed by atoms with Crippen molar-refractivity contribution in [3.63, 3.8) is 0 Å². The largest absolute Gasteiger partial charge is 0.480 e. The van der Waals surface area contributed by atoms with Crippen molar-refractivity contribution in [2.75, 3.05) is 7.11 Å². The molecular weight excluding hydrogens is 168 g/mol. The van der Waals surface area contributed by atoms with E-state index in [0.717, 1.165) is 6.42 Å². The van der Waals surface area contributed by atoms with E-state index in [1.54, 1.807) is 12.1 Å². The summed E-state index contributed by atoms with van der Waals surface area (Å²) in [5.41, 5.74) is 0.600. The Morgan fingerprint density at radius 2 is 2.23 bits per heavy atom. The van der Waals surface area contributed by atoms with Gasteiger partial charge < -0.3 is 9.84 Å². The number of ether oxygens (including phenoxy) is 1. The van der Waals surface area contributed by atoms with E-state index in [0.29, 0.717) is 18.0 Å². The highest BCUT2D eigenvalue weighted by Crippen LogP contribution is 2.16. The summed E-state index contributed by atoms with van der Waals surface area (Å²) >= 11 is 0. The predicted octanol–water partition coefficient (Wildman–Crippen LogP) is 1.32. The standard InChI is InChI=1S/C9H14N2O2/c1-3-4-8(12)7-5-6-9(13-2)11-10-7/h5-6,8,12H,3-4H2,1-2H3/t8-/m0/s1. The van der Waals surface area contributed by atoms with E-state index in [1.807, 2.05) is 6.92 Å². The lowest BCUT2D eigenvalue weighted by molar-refractivity contribution is 0.160. The maximum Gasteiger partial charge on any atom is 0.233 e. The number of rotatable bonds is 4. The maximum atomic E-state index is 9.54. The molecule has 1 heterocycles. The minimum absolute atomic E-state index is 0.465. The first kappa shape index (κ1) is 9.92. The van der Waals surface area contributed by atoms with Crippen molar-refractivity contribution < 1.29 is 9.84 Å². The Labute approximate surface area is 77.6 Å². The number of aromatic nitrogens is 2. The third kappa shape index (κ3) is 2.66. The molecule has 0 aliphatic rings. The van der Waals surface area contributed by atoms with E-state index in [4.69, 9.17) is 4.74 Å². The van der Waals surface area contributed by atoms with Crippen LogP contribution in [0.15, 0.2) is 12.1 Å². The second-order valence-electron chi connectivity index (χ2n) is 2.81. The van der Waals surface area contributed by atoms with Gasteiger partial charge in [-0.05, 0) is 12.5 Å². The lowest BCUT2D eigenvalue weighted by atomic mass is 10.1. The molecule has 1 rings (SSSR count). The lowest BCUT2D eigenvalue weighted by Gasteiger charge is -2.07. The average molecular weight is 182 g/mol. The van der Waals surface area contributed by atoms with Gasteiger partial charge in [-0.2, -0.15) is 0 Å². The third-order valence-corrected chi connectivity index (χ3v) is 1.77. The van der Waals surface area contributed by atoms with E-state index in [2.05, 4.69) is 10.2 Å². The summed E-state index contributed by atoms with van der Waals surface area (Å²) in [7, 11) is 1.53. The number of aliphatic hydroxyl groups is 1. The fraction of sp³-hybridized carbons (Fsp3) is 0.556. The summed E-state index contributed by atoms with van der Waals surface area (Å²) in [6, 6.07) is 3.42. The molecule has 1 atom stereocenters. The van der Waals surface area contributed by atoms with Gasteiger partial charge in [0.2, 0.25) is 5.88 Å². The minimum Gasteiger partial charge on any atom is -0.480 e. The second-order valence-corrected chi connectivity index (χ2v) is 2.81. The molecule has 0 radical (unpaired) electrons. The first-order valence-corrected chi connectivity index (χ1v) is 4.33. The molecule has 4 heteroatoms. The average Bonchev–Trinajstić information content (AvgIpc) is 2.18. The van der Waals surface area contributed by atoms with Crippen LogP contribution in [0.3, 0.4) is 0 Å². The molecule has 0 spiro atoms. The quantitative estimate of drug-likeness (QED) is 0.763.